The Kier molecular flexibility index (Phi) is 4.53. The zero-order valence-electron chi connectivity index (χ0n) is 12.5. The maximum Gasteiger partial charge on any atom is 0.330 e. The first kappa shape index (κ1) is 17.1. The molecule has 0 amide bonds. The standard InChI is InChI=1S/C13H14ClN3O5S/c1-16-7-11(12(18)17(2)13(16)19)23(20,21)15-8-4-5-10(22-3)9(14)6-8/h4-7,15H,1-3H3. The first-order chi connectivity index (χ1) is 10.7. The first-order valence-electron chi connectivity index (χ1n) is 6.30. The van der Waals surface area contributed by atoms with Crippen LogP contribution in [0.2, 0.25) is 5.02 Å². The molecule has 0 spiro atoms. The van der Waals surface area contributed by atoms with Crippen molar-refractivity contribution in [2.24, 2.45) is 14.1 Å². The highest BCUT2D eigenvalue weighted by Gasteiger charge is 2.21. The largest absolute Gasteiger partial charge is 0.495 e. The lowest BCUT2D eigenvalue weighted by Crippen LogP contribution is -2.40. The van der Waals surface area contributed by atoms with Gasteiger partial charge in [0.15, 0.2) is 4.90 Å². The van der Waals surface area contributed by atoms with E-state index in [1.807, 2.05) is 0 Å². The van der Waals surface area contributed by atoms with Crippen molar-refractivity contribution in [2.45, 2.75) is 4.90 Å². The fourth-order valence-corrected chi connectivity index (χ4v) is 3.37. The Morgan fingerprint density at radius 3 is 2.43 bits per heavy atom. The van der Waals surface area contributed by atoms with Gasteiger partial charge in [-0.1, -0.05) is 11.6 Å². The number of nitrogens with one attached hydrogen (secondary N) is 1. The molecule has 0 aliphatic rings. The third-order valence-corrected chi connectivity index (χ3v) is 4.77. The monoisotopic (exact) mass is 359 g/mol. The predicted octanol–water partition coefficient (Wildman–Crippen LogP) is 0.547. The van der Waals surface area contributed by atoms with Crippen molar-refractivity contribution < 1.29 is 13.2 Å². The Bertz CT molecular complexity index is 978. The van der Waals surface area contributed by atoms with Crippen LogP contribution in [0.15, 0.2) is 38.9 Å². The minimum Gasteiger partial charge on any atom is -0.495 e. The van der Waals surface area contributed by atoms with E-state index in [9.17, 15) is 18.0 Å². The highest BCUT2D eigenvalue weighted by Crippen LogP contribution is 2.28. The lowest BCUT2D eigenvalue weighted by molar-refractivity contribution is 0.415. The van der Waals surface area contributed by atoms with E-state index < -0.39 is 26.2 Å². The van der Waals surface area contributed by atoms with Crippen LogP contribution < -0.4 is 20.7 Å². The average Bonchev–Trinajstić information content (AvgIpc) is 2.48. The number of hydrogen-bond acceptors (Lipinski definition) is 5. The van der Waals surface area contributed by atoms with Crippen LogP contribution >= 0.6 is 11.6 Å². The number of ether oxygens (including phenoxy) is 1. The zero-order chi connectivity index (χ0) is 17.4. The van der Waals surface area contributed by atoms with E-state index in [0.717, 1.165) is 15.3 Å². The molecule has 8 nitrogen and oxygen atoms in total. The van der Waals surface area contributed by atoms with Crippen LogP contribution in [-0.4, -0.2) is 24.7 Å². The van der Waals surface area contributed by atoms with Crippen molar-refractivity contribution in [2.75, 3.05) is 11.8 Å². The van der Waals surface area contributed by atoms with E-state index in [2.05, 4.69) is 4.72 Å². The maximum absolute atomic E-state index is 12.4. The van der Waals surface area contributed by atoms with Gasteiger partial charge in [0, 0.05) is 20.3 Å². The van der Waals surface area contributed by atoms with Crippen molar-refractivity contribution in [3.63, 3.8) is 0 Å². The highest BCUT2D eigenvalue weighted by molar-refractivity contribution is 7.92. The normalized spacial score (nSPS) is 11.3. The second-order valence-corrected chi connectivity index (χ2v) is 6.76. The van der Waals surface area contributed by atoms with Gasteiger partial charge in [0.25, 0.3) is 15.6 Å². The van der Waals surface area contributed by atoms with Gasteiger partial charge in [-0.2, -0.15) is 0 Å². The quantitative estimate of drug-likeness (QED) is 0.859. The van der Waals surface area contributed by atoms with Crippen molar-refractivity contribution in [3.8, 4) is 5.75 Å². The van der Waals surface area contributed by atoms with Gasteiger partial charge in [-0.3, -0.25) is 14.1 Å². The molecule has 0 aliphatic heterocycles. The molecular formula is C13H14ClN3O5S. The summed E-state index contributed by atoms with van der Waals surface area (Å²) in [6.45, 7) is 0. The van der Waals surface area contributed by atoms with Gasteiger partial charge >= 0.3 is 5.69 Å². The number of hydrogen-bond donors (Lipinski definition) is 1. The van der Waals surface area contributed by atoms with Gasteiger partial charge in [0.1, 0.15) is 5.75 Å². The number of halogens is 1. The summed E-state index contributed by atoms with van der Waals surface area (Å²) in [5, 5.41) is 0.209. The van der Waals surface area contributed by atoms with E-state index in [0.29, 0.717) is 5.75 Å². The van der Waals surface area contributed by atoms with Crippen LogP contribution in [0.1, 0.15) is 0 Å². The lowest BCUT2D eigenvalue weighted by atomic mass is 10.3. The zero-order valence-corrected chi connectivity index (χ0v) is 14.1. The average molecular weight is 360 g/mol. The van der Waals surface area contributed by atoms with E-state index in [-0.39, 0.29) is 10.7 Å². The smallest absolute Gasteiger partial charge is 0.330 e. The van der Waals surface area contributed by atoms with Crippen LogP contribution in [0.4, 0.5) is 5.69 Å². The third-order valence-electron chi connectivity index (χ3n) is 3.11. The van der Waals surface area contributed by atoms with Crippen LogP contribution in [0.5, 0.6) is 5.75 Å². The summed E-state index contributed by atoms with van der Waals surface area (Å²) in [6, 6.07) is 4.28. The second kappa shape index (κ2) is 6.09. The Morgan fingerprint density at radius 2 is 1.87 bits per heavy atom. The summed E-state index contributed by atoms with van der Waals surface area (Å²) >= 11 is 5.94. The van der Waals surface area contributed by atoms with Gasteiger partial charge in [0.05, 0.1) is 17.8 Å². The maximum atomic E-state index is 12.4. The Labute approximate surface area is 136 Å². The molecule has 1 heterocycles. The summed E-state index contributed by atoms with van der Waals surface area (Å²) in [5.41, 5.74) is -1.38. The van der Waals surface area contributed by atoms with E-state index in [4.69, 9.17) is 16.3 Å². The van der Waals surface area contributed by atoms with Crippen molar-refractivity contribution >= 4 is 27.3 Å². The second-order valence-electron chi connectivity index (χ2n) is 4.71. The number of anilines is 1. The molecule has 23 heavy (non-hydrogen) atoms. The van der Waals surface area contributed by atoms with Crippen molar-refractivity contribution in [1.29, 1.82) is 0 Å². The van der Waals surface area contributed by atoms with E-state index in [1.54, 1.807) is 0 Å². The molecule has 10 heteroatoms. The summed E-state index contributed by atoms with van der Waals surface area (Å²) < 4.78 is 33.7. The predicted molar refractivity (Wildman–Crippen MR) is 85.7 cm³/mol. The number of methoxy groups -OCH3 is 1. The molecule has 0 bridgehead atoms. The molecule has 0 unspecified atom stereocenters. The van der Waals surface area contributed by atoms with Gasteiger partial charge < -0.3 is 9.30 Å². The molecular weight excluding hydrogens is 346 g/mol. The number of aryl methyl sites for hydroxylation is 1. The molecule has 0 fully saturated rings. The number of nitrogens with zero attached hydrogens (tertiary/aromatic N) is 2. The third kappa shape index (κ3) is 3.25. The molecule has 0 radical (unpaired) electrons. The Morgan fingerprint density at radius 1 is 1.22 bits per heavy atom. The number of aromatic nitrogens is 2. The first-order valence-corrected chi connectivity index (χ1v) is 8.16. The molecule has 2 rings (SSSR count). The Hall–Kier alpha value is -2.26. The fourth-order valence-electron chi connectivity index (χ4n) is 1.90. The summed E-state index contributed by atoms with van der Waals surface area (Å²) in [7, 11) is -0.200. The molecule has 1 N–H and O–H groups in total. The summed E-state index contributed by atoms with van der Waals surface area (Å²) in [6.07, 6.45) is 0.970. The van der Waals surface area contributed by atoms with Crippen molar-refractivity contribution in [1.82, 2.24) is 9.13 Å². The topological polar surface area (TPSA) is 99.4 Å². The van der Waals surface area contributed by atoms with E-state index >= 15 is 0 Å². The molecule has 0 aliphatic carbocycles. The van der Waals surface area contributed by atoms with Crippen molar-refractivity contribution in [3.05, 3.63) is 50.3 Å². The highest BCUT2D eigenvalue weighted by atomic mass is 35.5. The lowest BCUT2D eigenvalue weighted by Gasteiger charge is -2.11. The minimum absolute atomic E-state index is 0.159. The SMILES string of the molecule is COc1ccc(NS(=O)(=O)c2cn(C)c(=O)n(C)c2=O)cc1Cl. The van der Waals surface area contributed by atoms with Crippen LogP contribution in [0.3, 0.4) is 0 Å². The van der Waals surface area contributed by atoms with Gasteiger partial charge in [-0.15, -0.1) is 0 Å². The fraction of sp³-hybridized carbons (Fsp3) is 0.231. The molecule has 0 saturated carbocycles. The number of sulfonamides is 1. The van der Waals surface area contributed by atoms with Crippen LogP contribution in [-0.2, 0) is 24.1 Å². The number of benzene rings is 1. The molecule has 1 aromatic heterocycles. The molecule has 2 aromatic rings. The Balaban J connectivity index is 2.50. The number of rotatable bonds is 4. The van der Waals surface area contributed by atoms with E-state index in [1.165, 1.54) is 39.4 Å². The van der Waals surface area contributed by atoms with Gasteiger partial charge in [-0.25, -0.2) is 13.2 Å². The van der Waals surface area contributed by atoms with Crippen LogP contribution in [0.25, 0.3) is 0 Å². The minimum atomic E-state index is -4.18. The molecule has 124 valence electrons. The molecule has 0 atom stereocenters. The molecule has 0 saturated heterocycles. The summed E-state index contributed by atoms with van der Waals surface area (Å²) in [4.78, 5) is 23.1. The molecule has 1 aromatic carbocycles. The van der Waals surface area contributed by atoms with Crippen LogP contribution in [0, 0.1) is 0 Å². The van der Waals surface area contributed by atoms with Gasteiger partial charge in [-0.05, 0) is 18.2 Å². The van der Waals surface area contributed by atoms with Gasteiger partial charge in [0.2, 0.25) is 0 Å². The summed E-state index contributed by atoms with van der Waals surface area (Å²) in [5.74, 6) is 0.382.